The third-order valence-corrected chi connectivity index (χ3v) is 3.67. The summed E-state index contributed by atoms with van der Waals surface area (Å²) in [7, 11) is 0. The highest BCUT2D eigenvalue weighted by Gasteiger charge is 2.16. The highest BCUT2D eigenvalue weighted by atomic mass is 35.5. The van der Waals surface area contributed by atoms with E-state index in [4.69, 9.17) is 23.2 Å². The van der Waals surface area contributed by atoms with E-state index >= 15 is 0 Å². The molecule has 0 spiro atoms. The molecule has 0 bridgehead atoms. The largest absolute Gasteiger partial charge is 0.388 e. The fraction of sp³-hybridized carbons (Fsp3) is 0.182. The van der Waals surface area contributed by atoms with Crippen LogP contribution in [0.2, 0.25) is 10.0 Å². The molecule has 2 nitrogen and oxygen atoms in total. The fourth-order valence-electron chi connectivity index (χ4n) is 1.46. The monoisotopic (exact) mass is 273 g/mol. The summed E-state index contributed by atoms with van der Waals surface area (Å²) < 4.78 is 0. The molecule has 0 fully saturated rings. The first-order valence-electron chi connectivity index (χ1n) is 4.68. The van der Waals surface area contributed by atoms with Gasteiger partial charge in [0.2, 0.25) is 0 Å². The smallest absolute Gasteiger partial charge is 0.0867 e. The predicted molar refractivity (Wildman–Crippen MR) is 67.2 cm³/mol. The average molecular weight is 274 g/mol. The number of hydrogen-bond donors (Lipinski definition) is 1. The van der Waals surface area contributed by atoms with Crippen molar-refractivity contribution in [1.29, 1.82) is 0 Å². The molecule has 1 N–H and O–H groups in total. The second-order valence-electron chi connectivity index (χ2n) is 3.32. The van der Waals surface area contributed by atoms with Crippen LogP contribution in [0.4, 0.5) is 0 Å². The molecule has 16 heavy (non-hydrogen) atoms. The molecule has 0 saturated carbocycles. The van der Waals surface area contributed by atoms with Crippen LogP contribution in [0.15, 0.2) is 29.9 Å². The number of thiazole rings is 1. The summed E-state index contributed by atoms with van der Waals surface area (Å²) in [6.45, 7) is 0. The summed E-state index contributed by atoms with van der Waals surface area (Å²) in [5.74, 6) is 0. The van der Waals surface area contributed by atoms with Gasteiger partial charge in [-0.2, -0.15) is 0 Å². The van der Waals surface area contributed by atoms with Crippen LogP contribution >= 0.6 is 34.5 Å². The van der Waals surface area contributed by atoms with E-state index in [1.165, 1.54) is 11.3 Å². The Bertz CT molecular complexity index is 453. The van der Waals surface area contributed by atoms with Crippen LogP contribution < -0.4 is 0 Å². The molecule has 5 heteroatoms. The van der Waals surface area contributed by atoms with Crippen molar-refractivity contribution in [3.8, 4) is 0 Å². The van der Waals surface area contributed by atoms with Crippen molar-refractivity contribution >= 4 is 34.5 Å². The van der Waals surface area contributed by atoms with Gasteiger partial charge in [0.25, 0.3) is 0 Å². The molecule has 2 aromatic rings. The topological polar surface area (TPSA) is 33.1 Å². The maximum absolute atomic E-state index is 10.1. The number of hydrogen-bond acceptors (Lipinski definition) is 3. The van der Waals surface area contributed by atoms with Crippen molar-refractivity contribution in [1.82, 2.24) is 4.98 Å². The summed E-state index contributed by atoms with van der Waals surface area (Å²) >= 11 is 13.5. The van der Waals surface area contributed by atoms with Crippen molar-refractivity contribution in [2.24, 2.45) is 0 Å². The van der Waals surface area contributed by atoms with Crippen molar-refractivity contribution in [2.45, 2.75) is 12.5 Å². The lowest BCUT2D eigenvalue weighted by Gasteiger charge is -2.13. The number of nitrogens with zero attached hydrogens (tertiary/aromatic N) is 1. The van der Waals surface area contributed by atoms with Crippen LogP contribution in [-0.2, 0) is 6.42 Å². The molecule has 2 rings (SSSR count). The van der Waals surface area contributed by atoms with Gasteiger partial charge in [-0.15, -0.1) is 11.3 Å². The number of halogens is 2. The summed E-state index contributed by atoms with van der Waals surface area (Å²) in [5.41, 5.74) is 2.32. The number of aliphatic hydroxyl groups excluding tert-OH is 1. The molecule has 1 heterocycles. The first kappa shape index (κ1) is 11.9. The summed E-state index contributed by atoms with van der Waals surface area (Å²) in [6, 6.07) is 5.20. The van der Waals surface area contributed by atoms with Gasteiger partial charge >= 0.3 is 0 Å². The zero-order valence-corrected chi connectivity index (χ0v) is 10.6. The van der Waals surface area contributed by atoms with Crippen LogP contribution in [0.5, 0.6) is 0 Å². The van der Waals surface area contributed by atoms with E-state index in [0.717, 1.165) is 4.88 Å². The summed E-state index contributed by atoms with van der Waals surface area (Å²) in [6.07, 6.45) is 1.52. The lowest BCUT2D eigenvalue weighted by Crippen LogP contribution is -2.02. The van der Waals surface area contributed by atoms with E-state index in [2.05, 4.69) is 4.98 Å². The Morgan fingerprint density at radius 3 is 2.56 bits per heavy atom. The Kier molecular flexibility index (Phi) is 3.82. The molecule has 0 amide bonds. The minimum Gasteiger partial charge on any atom is -0.388 e. The van der Waals surface area contributed by atoms with Gasteiger partial charge in [-0.1, -0.05) is 29.3 Å². The predicted octanol–water partition coefficient (Wildman–Crippen LogP) is 3.73. The zero-order chi connectivity index (χ0) is 11.5. The van der Waals surface area contributed by atoms with Gasteiger partial charge in [0.1, 0.15) is 0 Å². The number of benzene rings is 1. The Morgan fingerprint density at radius 1 is 1.31 bits per heavy atom. The van der Waals surface area contributed by atoms with E-state index < -0.39 is 6.10 Å². The third kappa shape index (κ3) is 2.55. The van der Waals surface area contributed by atoms with Crippen molar-refractivity contribution in [3.05, 3.63) is 50.4 Å². The van der Waals surface area contributed by atoms with Gasteiger partial charge in [0.15, 0.2) is 0 Å². The second-order valence-corrected chi connectivity index (χ2v) is 5.11. The average Bonchev–Trinajstić information content (AvgIpc) is 2.70. The van der Waals surface area contributed by atoms with E-state index in [0.29, 0.717) is 22.0 Å². The molecule has 0 aliphatic carbocycles. The molecule has 84 valence electrons. The first-order valence-corrected chi connectivity index (χ1v) is 6.31. The van der Waals surface area contributed by atoms with E-state index in [-0.39, 0.29) is 0 Å². The highest BCUT2D eigenvalue weighted by molar-refractivity contribution is 7.09. The molecule has 0 aliphatic heterocycles. The highest BCUT2D eigenvalue weighted by Crippen LogP contribution is 2.32. The Morgan fingerprint density at radius 2 is 2.00 bits per heavy atom. The quantitative estimate of drug-likeness (QED) is 0.925. The van der Waals surface area contributed by atoms with Crippen LogP contribution in [0.25, 0.3) is 0 Å². The Hall–Kier alpha value is -0.610. The van der Waals surface area contributed by atoms with Crippen molar-refractivity contribution in [2.75, 3.05) is 0 Å². The van der Waals surface area contributed by atoms with Gasteiger partial charge < -0.3 is 5.11 Å². The number of aromatic nitrogens is 1. The van der Waals surface area contributed by atoms with Crippen LogP contribution in [0.1, 0.15) is 16.5 Å². The number of aliphatic hydroxyl groups is 1. The zero-order valence-electron chi connectivity index (χ0n) is 8.23. The van der Waals surface area contributed by atoms with E-state index in [9.17, 15) is 5.11 Å². The minimum atomic E-state index is -0.693. The fourth-order valence-corrected chi connectivity index (χ4v) is 2.75. The molecule has 1 aromatic heterocycles. The molecule has 0 radical (unpaired) electrons. The lowest BCUT2D eigenvalue weighted by atomic mass is 10.1. The maximum Gasteiger partial charge on any atom is 0.0867 e. The van der Waals surface area contributed by atoms with Gasteiger partial charge in [-0.05, 0) is 12.1 Å². The van der Waals surface area contributed by atoms with Gasteiger partial charge in [0, 0.05) is 33.1 Å². The SMILES string of the molecule is OC(Cc1cncs1)c1c(Cl)cccc1Cl. The molecular weight excluding hydrogens is 265 g/mol. The van der Waals surface area contributed by atoms with E-state index in [1.807, 2.05) is 0 Å². The maximum atomic E-state index is 10.1. The van der Waals surface area contributed by atoms with E-state index in [1.54, 1.807) is 29.9 Å². The lowest BCUT2D eigenvalue weighted by molar-refractivity contribution is 0.179. The molecular formula is C11H9Cl2NOS. The van der Waals surface area contributed by atoms with Gasteiger partial charge in [-0.25, -0.2) is 0 Å². The van der Waals surface area contributed by atoms with Gasteiger partial charge in [-0.3, -0.25) is 4.98 Å². The second kappa shape index (κ2) is 5.15. The molecule has 0 aliphatic rings. The summed E-state index contributed by atoms with van der Waals surface area (Å²) in [4.78, 5) is 4.96. The van der Waals surface area contributed by atoms with Crippen molar-refractivity contribution < 1.29 is 5.11 Å². The molecule has 1 aromatic carbocycles. The normalized spacial score (nSPS) is 12.7. The van der Waals surface area contributed by atoms with Gasteiger partial charge in [0.05, 0.1) is 11.6 Å². The minimum absolute atomic E-state index is 0.480. The Labute approximate surface area is 107 Å². The third-order valence-electron chi connectivity index (χ3n) is 2.21. The number of rotatable bonds is 3. The molecule has 1 unspecified atom stereocenters. The molecule has 0 saturated heterocycles. The van der Waals surface area contributed by atoms with Crippen LogP contribution in [-0.4, -0.2) is 10.1 Å². The van der Waals surface area contributed by atoms with Crippen LogP contribution in [0.3, 0.4) is 0 Å². The molecule has 1 atom stereocenters. The first-order chi connectivity index (χ1) is 7.68. The Balaban J connectivity index is 2.24. The van der Waals surface area contributed by atoms with Crippen molar-refractivity contribution in [3.63, 3.8) is 0 Å². The summed E-state index contributed by atoms with van der Waals surface area (Å²) in [5, 5.41) is 11.0. The van der Waals surface area contributed by atoms with Crippen LogP contribution in [0, 0.1) is 0 Å². The standard InChI is InChI=1S/C11H9Cl2NOS/c12-8-2-1-3-9(13)11(8)10(15)4-7-5-14-6-16-7/h1-3,5-6,10,15H,4H2.